The number of hydrogen-bond donors (Lipinski definition) is 0. The Morgan fingerprint density at radius 1 is 1.21 bits per heavy atom. The van der Waals surface area contributed by atoms with Gasteiger partial charge in [0.05, 0.1) is 19.1 Å². The molecule has 3 rings (SSSR count). The fourth-order valence-electron chi connectivity index (χ4n) is 3.21. The van der Waals surface area contributed by atoms with Gasteiger partial charge >= 0.3 is 0 Å². The van der Waals surface area contributed by atoms with Crippen LogP contribution in [0.4, 0.5) is 0 Å². The number of benzene rings is 1. The van der Waals surface area contributed by atoms with Gasteiger partial charge in [-0.1, -0.05) is 43.2 Å². The van der Waals surface area contributed by atoms with Crippen molar-refractivity contribution >= 4 is 40.3 Å². The second-order valence-corrected chi connectivity index (χ2v) is 7.63. The van der Waals surface area contributed by atoms with Gasteiger partial charge in [0.2, 0.25) is 0 Å². The molecule has 0 N–H and O–H groups in total. The third-order valence-electron chi connectivity index (χ3n) is 4.49. The standard InChI is InChI=1S/C18H21NO3S2/c1-21-14-9-8-12(15(11-14)22-2)10-16-17(20)19(18(23)24-16)13-6-4-3-5-7-13/h8-11,13H,3-7H2,1-2H3/b16-10+. The molecule has 1 amide bonds. The summed E-state index contributed by atoms with van der Waals surface area (Å²) in [5.74, 6) is 1.42. The monoisotopic (exact) mass is 363 g/mol. The number of hydrogen-bond acceptors (Lipinski definition) is 5. The van der Waals surface area contributed by atoms with Gasteiger partial charge in [-0.3, -0.25) is 9.69 Å². The molecule has 1 aliphatic carbocycles. The highest BCUT2D eigenvalue weighted by atomic mass is 32.2. The lowest BCUT2D eigenvalue weighted by molar-refractivity contribution is -0.124. The Hall–Kier alpha value is -1.53. The predicted octanol–water partition coefficient (Wildman–Crippen LogP) is 4.24. The summed E-state index contributed by atoms with van der Waals surface area (Å²) >= 11 is 6.85. The summed E-state index contributed by atoms with van der Waals surface area (Å²) in [6.45, 7) is 0. The van der Waals surface area contributed by atoms with Gasteiger partial charge in [-0.15, -0.1) is 0 Å². The van der Waals surface area contributed by atoms with E-state index < -0.39 is 0 Å². The Bertz CT molecular complexity index is 681. The summed E-state index contributed by atoms with van der Waals surface area (Å²) in [6.07, 6.45) is 7.56. The third kappa shape index (κ3) is 3.44. The highest BCUT2D eigenvalue weighted by Crippen LogP contribution is 2.38. The number of carbonyl (C=O) groups is 1. The Morgan fingerprint density at radius 3 is 2.62 bits per heavy atom. The molecular weight excluding hydrogens is 342 g/mol. The topological polar surface area (TPSA) is 38.8 Å². The number of nitrogens with zero attached hydrogens (tertiary/aromatic N) is 1. The number of rotatable bonds is 4. The fourth-order valence-corrected chi connectivity index (χ4v) is 4.60. The van der Waals surface area contributed by atoms with E-state index in [-0.39, 0.29) is 11.9 Å². The average Bonchev–Trinajstić information content (AvgIpc) is 2.89. The normalized spacial score (nSPS) is 20.8. The Kier molecular flexibility index (Phi) is 5.46. The number of carbonyl (C=O) groups excluding carboxylic acids is 1. The number of thiocarbonyl (C=S) groups is 1. The van der Waals surface area contributed by atoms with E-state index in [9.17, 15) is 4.79 Å². The van der Waals surface area contributed by atoms with Crippen molar-refractivity contribution in [2.24, 2.45) is 0 Å². The van der Waals surface area contributed by atoms with Gasteiger partial charge in [-0.05, 0) is 31.1 Å². The summed E-state index contributed by atoms with van der Waals surface area (Å²) < 4.78 is 11.3. The minimum absolute atomic E-state index is 0.0229. The van der Waals surface area contributed by atoms with Crippen molar-refractivity contribution in [1.29, 1.82) is 0 Å². The molecule has 0 radical (unpaired) electrons. The molecular formula is C18H21NO3S2. The van der Waals surface area contributed by atoms with Gasteiger partial charge in [0.15, 0.2) is 0 Å². The molecule has 6 heteroatoms. The van der Waals surface area contributed by atoms with Crippen LogP contribution in [0.1, 0.15) is 37.7 Å². The zero-order chi connectivity index (χ0) is 17.1. The molecule has 128 valence electrons. The van der Waals surface area contributed by atoms with Gasteiger partial charge in [0.25, 0.3) is 5.91 Å². The van der Waals surface area contributed by atoms with Crippen molar-refractivity contribution in [2.75, 3.05) is 14.2 Å². The van der Waals surface area contributed by atoms with Crippen LogP contribution in [-0.4, -0.2) is 35.4 Å². The lowest BCUT2D eigenvalue weighted by atomic mass is 9.94. The highest BCUT2D eigenvalue weighted by Gasteiger charge is 2.37. The Labute approximate surface area is 152 Å². The van der Waals surface area contributed by atoms with Crippen LogP contribution in [0.3, 0.4) is 0 Å². The van der Waals surface area contributed by atoms with Gasteiger partial charge in [0, 0.05) is 17.7 Å². The first-order valence-corrected chi connectivity index (χ1v) is 9.35. The molecule has 1 saturated heterocycles. The Morgan fingerprint density at radius 2 is 1.96 bits per heavy atom. The third-order valence-corrected chi connectivity index (χ3v) is 5.82. The second-order valence-electron chi connectivity index (χ2n) is 5.95. The molecule has 1 aromatic rings. The number of amides is 1. The van der Waals surface area contributed by atoms with E-state index in [1.54, 1.807) is 14.2 Å². The summed E-state index contributed by atoms with van der Waals surface area (Å²) in [6, 6.07) is 5.82. The lowest BCUT2D eigenvalue weighted by Gasteiger charge is -2.29. The molecule has 0 atom stereocenters. The number of thioether (sulfide) groups is 1. The van der Waals surface area contributed by atoms with Crippen LogP contribution < -0.4 is 9.47 Å². The van der Waals surface area contributed by atoms with Crippen molar-refractivity contribution in [2.45, 2.75) is 38.1 Å². The number of ether oxygens (including phenoxy) is 2. The van der Waals surface area contributed by atoms with Crippen molar-refractivity contribution in [3.8, 4) is 11.5 Å². The van der Waals surface area contributed by atoms with Gasteiger partial charge in [0.1, 0.15) is 15.8 Å². The van der Waals surface area contributed by atoms with Crippen molar-refractivity contribution < 1.29 is 14.3 Å². The van der Waals surface area contributed by atoms with E-state index >= 15 is 0 Å². The minimum atomic E-state index is 0.0229. The van der Waals surface area contributed by atoms with E-state index in [0.29, 0.717) is 15.0 Å². The second kappa shape index (κ2) is 7.57. The van der Waals surface area contributed by atoms with Crippen LogP contribution in [0, 0.1) is 0 Å². The van der Waals surface area contributed by atoms with Crippen molar-refractivity contribution in [1.82, 2.24) is 4.90 Å². The average molecular weight is 364 g/mol. The molecule has 1 heterocycles. The molecule has 0 aromatic heterocycles. The predicted molar refractivity (Wildman–Crippen MR) is 101 cm³/mol. The minimum Gasteiger partial charge on any atom is -0.497 e. The Balaban J connectivity index is 1.86. The first kappa shape index (κ1) is 17.3. The summed E-state index contributed by atoms with van der Waals surface area (Å²) in [5.41, 5.74) is 0.849. The molecule has 1 aromatic carbocycles. The summed E-state index contributed by atoms with van der Waals surface area (Å²) in [7, 11) is 3.23. The van der Waals surface area contributed by atoms with E-state index in [0.717, 1.165) is 24.2 Å². The van der Waals surface area contributed by atoms with E-state index in [1.165, 1.54) is 31.0 Å². The van der Waals surface area contributed by atoms with E-state index in [2.05, 4.69) is 0 Å². The molecule has 2 aliphatic rings. The van der Waals surface area contributed by atoms with Crippen LogP contribution in [0.25, 0.3) is 6.08 Å². The first-order valence-electron chi connectivity index (χ1n) is 8.13. The van der Waals surface area contributed by atoms with Crippen LogP contribution >= 0.6 is 24.0 Å². The van der Waals surface area contributed by atoms with Crippen molar-refractivity contribution in [3.05, 3.63) is 28.7 Å². The fraction of sp³-hybridized carbons (Fsp3) is 0.444. The van der Waals surface area contributed by atoms with Crippen LogP contribution in [0.2, 0.25) is 0 Å². The number of methoxy groups -OCH3 is 2. The van der Waals surface area contributed by atoms with Crippen molar-refractivity contribution in [3.63, 3.8) is 0 Å². The highest BCUT2D eigenvalue weighted by molar-refractivity contribution is 8.26. The first-order chi connectivity index (χ1) is 11.6. The van der Waals surface area contributed by atoms with Crippen LogP contribution in [0.15, 0.2) is 23.1 Å². The largest absolute Gasteiger partial charge is 0.497 e. The maximum atomic E-state index is 12.8. The zero-order valence-electron chi connectivity index (χ0n) is 13.9. The van der Waals surface area contributed by atoms with E-state index in [1.807, 2.05) is 29.2 Å². The van der Waals surface area contributed by atoms with Gasteiger partial charge in [-0.2, -0.15) is 0 Å². The van der Waals surface area contributed by atoms with Gasteiger partial charge < -0.3 is 9.47 Å². The molecule has 0 bridgehead atoms. The molecule has 24 heavy (non-hydrogen) atoms. The SMILES string of the molecule is COc1ccc(/C=C2/SC(=S)N(C3CCCCC3)C2=O)c(OC)c1. The summed E-state index contributed by atoms with van der Waals surface area (Å²) in [4.78, 5) is 15.3. The maximum Gasteiger partial charge on any atom is 0.266 e. The molecule has 4 nitrogen and oxygen atoms in total. The van der Waals surface area contributed by atoms with Crippen LogP contribution in [-0.2, 0) is 4.79 Å². The smallest absolute Gasteiger partial charge is 0.266 e. The molecule has 1 aliphatic heterocycles. The molecule has 2 fully saturated rings. The molecule has 1 saturated carbocycles. The van der Waals surface area contributed by atoms with Gasteiger partial charge in [-0.25, -0.2) is 0 Å². The van der Waals surface area contributed by atoms with E-state index in [4.69, 9.17) is 21.7 Å². The maximum absolute atomic E-state index is 12.8. The zero-order valence-corrected chi connectivity index (χ0v) is 15.5. The molecule has 0 unspecified atom stereocenters. The lowest BCUT2D eigenvalue weighted by Crippen LogP contribution is -2.39. The molecule has 0 spiro atoms. The summed E-state index contributed by atoms with van der Waals surface area (Å²) in [5, 5.41) is 0. The quantitative estimate of drug-likeness (QED) is 0.591. The van der Waals surface area contributed by atoms with Crippen LogP contribution in [0.5, 0.6) is 11.5 Å².